The number of nitrogens with zero attached hydrogens (tertiary/aromatic N) is 1. The maximum absolute atomic E-state index is 12.6. The molecule has 2 N–H and O–H groups in total. The van der Waals surface area contributed by atoms with Gasteiger partial charge < -0.3 is 15.3 Å². The molecule has 1 amide bonds. The van der Waals surface area contributed by atoms with Gasteiger partial charge in [-0.05, 0) is 25.8 Å². The van der Waals surface area contributed by atoms with Gasteiger partial charge in [-0.1, -0.05) is 13.3 Å². The van der Waals surface area contributed by atoms with Gasteiger partial charge in [0.25, 0.3) is 6.43 Å². The van der Waals surface area contributed by atoms with Crippen LogP contribution >= 0.6 is 0 Å². The number of hydrogen-bond donors (Lipinski definition) is 2. The fourth-order valence-electron chi connectivity index (χ4n) is 2.85. The molecule has 0 bridgehead atoms. The van der Waals surface area contributed by atoms with Gasteiger partial charge in [0.2, 0.25) is 5.91 Å². The number of halogens is 2. The van der Waals surface area contributed by atoms with Crippen LogP contribution in [0.15, 0.2) is 0 Å². The number of alkyl halides is 2. The number of hydrogen-bond acceptors (Lipinski definition) is 3. The topological polar surface area (TPSA) is 52.6 Å². The number of nitrogens with one attached hydrogen (secondary N) is 1. The number of carbonyl (C=O) groups is 1. The summed E-state index contributed by atoms with van der Waals surface area (Å²) in [7, 11) is 0. The fraction of sp³-hybridized carbons (Fsp3) is 0.923. The summed E-state index contributed by atoms with van der Waals surface area (Å²) in [6.45, 7) is 2.51. The minimum absolute atomic E-state index is 0.0192. The summed E-state index contributed by atoms with van der Waals surface area (Å²) in [5.41, 5.74) is -0.572. The lowest BCUT2D eigenvalue weighted by Gasteiger charge is -2.40. The van der Waals surface area contributed by atoms with Gasteiger partial charge in [-0.3, -0.25) is 4.79 Å². The van der Waals surface area contributed by atoms with E-state index in [9.17, 15) is 13.6 Å². The van der Waals surface area contributed by atoms with E-state index in [1.165, 1.54) is 0 Å². The van der Waals surface area contributed by atoms with Crippen LogP contribution in [0.3, 0.4) is 0 Å². The van der Waals surface area contributed by atoms with Crippen LogP contribution in [0.4, 0.5) is 8.78 Å². The zero-order chi connectivity index (χ0) is 14.3. The van der Waals surface area contributed by atoms with E-state index in [0.29, 0.717) is 13.0 Å². The number of amides is 1. The average Bonchev–Trinajstić information content (AvgIpc) is 2.38. The molecule has 0 aromatic rings. The van der Waals surface area contributed by atoms with E-state index >= 15 is 0 Å². The normalized spacial score (nSPS) is 23.6. The van der Waals surface area contributed by atoms with Crippen molar-refractivity contribution in [2.75, 3.05) is 32.8 Å². The van der Waals surface area contributed by atoms with Gasteiger partial charge in [0.05, 0.1) is 18.6 Å². The molecule has 0 aromatic heterocycles. The zero-order valence-corrected chi connectivity index (χ0v) is 11.5. The van der Waals surface area contributed by atoms with Gasteiger partial charge in [0.15, 0.2) is 0 Å². The molecule has 19 heavy (non-hydrogen) atoms. The molecule has 0 spiro atoms. The molecule has 0 radical (unpaired) electrons. The molecule has 1 saturated heterocycles. The summed E-state index contributed by atoms with van der Waals surface area (Å²) >= 11 is 0. The number of aliphatic hydroxyl groups excluding tert-OH is 1. The number of piperidine rings is 1. The van der Waals surface area contributed by atoms with Crippen LogP contribution in [-0.4, -0.2) is 55.1 Å². The van der Waals surface area contributed by atoms with Crippen molar-refractivity contribution in [1.82, 2.24) is 10.2 Å². The highest BCUT2D eigenvalue weighted by molar-refractivity contribution is 5.83. The fourth-order valence-corrected chi connectivity index (χ4v) is 2.85. The van der Waals surface area contributed by atoms with Crippen molar-refractivity contribution in [2.45, 2.75) is 39.0 Å². The van der Waals surface area contributed by atoms with Gasteiger partial charge in [-0.25, -0.2) is 8.78 Å². The smallest absolute Gasteiger partial charge is 0.255 e. The highest BCUT2D eigenvalue weighted by atomic mass is 19.3. The Labute approximate surface area is 113 Å². The maximum Gasteiger partial charge on any atom is 0.255 e. The molecule has 0 aromatic carbocycles. The molecule has 1 fully saturated rings. The molecule has 4 nitrogen and oxygen atoms in total. The van der Waals surface area contributed by atoms with Gasteiger partial charge in [-0.15, -0.1) is 0 Å². The van der Waals surface area contributed by atoms with Crippen LogP contribution in [0.25, 0.3) is 0 Å². The first-order valence-corrected chi connectivity index (χ1v) is 6.95. The minimum Gasteiger partial charge on any atom is -0.395 e. The van der Waals surface area contributed by atoms with Crippen molar-refractivity contribution < 1.29 is 18.7 Å². The molecule has 1 unspecified atom stereocenters. The zero-order valence-electron chi connectivity index (χ0n) is 11.5. The van der Waals surface area contributed by atoms with Gasteiger partial charge >= 0.3 is 0 Å². The van der Waals surface area contributed by atoms with E-state index in [4.69, 9.17) is 5.11 Å². The highest BCUT2D eigenvalue weighted by Crippen LogP contribution is 2.34. The maximum atomic E-state index is 12.6. The Morgan fingerprint density at radius 3 is 2.74 bits per heavy atom. The molecular formula is C13H24F2N2O2. The lowest BCUT2D eigenvalue weighted by Crippen LogP contribution is -2.53. The van der Waals surface area contributed by atoms with E-state index in [1.54, 1.807) is 0 Å². The Hall–Kier alpha value is -0.750. The second-order valence-electron chi connectivity index (χ2n) is 5.18. The average molecular weight is 278 g/mol. The number of carbonyl (C=O) groups excluding carboxylic acids is 1. The summed E-state index contributed by atoms with van der Waals surface area (Å²) < 4.78 is 25.1. The number of rotatable bonds is 7. The van der Waals surface area contributed by atoms with Crippen LogP contribution in [0, 0.1) is 5.41 Å². The van der Waals surface area contributed by atoms with Crippen molar-refractivity contribution in [3.8, 4) is 0 Å². The summed E-state index contributed by atoms with van der Waals surface area (Å²) in [6.07, 6.45) is 0.593. The Morgan fingerprint density at radius 1 is 1.53 bits per heavy atom. The van der Waals surface area contributed by atoms with E-state index < -0.39 is 18.4 Å². The first-order chi connectivity index (χ1) is 9.05. The molecule has 6 heteroatoms. The summed E-state index contributed by atoms with van der Waals surface area (Å²) in [5.74, 6) is -0.240. The van der Waals surface area contributed by atoms with Crippen LogP contribution in [0.2, 0.25) is 0 Å². The third kappa shape index (κ3) is 4.38. The molecular weight excluding hydrogens is 254 g/mol. The first-order valence-electron chi connectivity index (χ1n) is 6.95. The Kier molecular flexibility index (Phi) is 6.65. The van der Waals surface area contributed by atoms with Gasteiger partial charge in [-0.2, -0.15) is 0 Å². The Balaban J connectivity index is 2.82. The molecule has 1 aliphatic rings. The van der Waals surface area contributed by atoms with Crippen molar-refractivity contribution >= 4 is 5.91 Å². The van der Waals surface area contributed by atoms with Crippen molar-refractivity contribution in [3.05, 3.63) is 0 Å². The molecule has 1 aliphatic heterocycles. The summed E-state index contributed by atoms with van der Waals surface area (Å²) in [5, 5.41) is 12.2. The molecule has 1 rings (SSSR count). The van der Waals surface area contributed by atoms with Crippen LogP contribution in [0.1, 0.15) is 32.6 Å². The van der Waals surface area contributed by atoms with Crippen LogP contribution in [0.5, 0.6) is 0 Å². The molecule has 1 atom stereocenters. The van der Waals surface area contributed by atoms with Gasteiger partial charge in [0, 0.05) is 13.1 Å². The molecule has 112 valence electrons. The summed E-state index contributed by atoms with van der Waals surface area (Å²) in [6, 6.07) is 0. The molecule has 0 saturated carbocycles. The Bertz CT molecular complexity index is 276. The van der Waals surface area contributed by atoms with E-state index in [2.05, 4.69) is 5.32 Å². The van der Waals surface area contributed by atoms with E-state index in [-0.39, 0.29) is 19.1 Å². The van der Waals surface area contributed by atoms with Crippen LogP contribution in [-0.2, 0) is 4.79 Å². The second kappa shape index (κ2) is 7.75. The summed E-state index contributed by atoms with van der Waals surface area (Å²) in [4.78, 5) is 13.7. The third-order valence-electron chi connectivity index (χ3n) is 3.67. The predicted molar refractivity (Wildman–Crippen MR) is 69.1 cm³/mol. The lowest BCUT2D eigenvalue weighted by molar-refractivity contribution is -0.146. The van der Waals surface area contributed by atoms with E-state index in [0.717, 1.165) is 30.7 Å². The standard InChI is InChI=1S/C13H24F2N2O2/c1-2-4-13(5-3-6-16-10-13)12(19)17(7-8-18)9-11(14)15/h11,16,18H,2-10H2,1H3. The third-order valence-corrected chi connectivity index (χ3v) is 3.67. The Morgan fingerprint density at radius 2 is 2.26 bits per heavy atom. The van der Waals surface area contributed by atoms with Crippen molar-refractivity contribution in [2.24, 2.45) is 5.41 Å². The van der Waals surface area contributed by atoms with E-state index in [1.807, 2.05) is 6.92 Å². The van der Waals surface area contributed by atoms with Crippen molar-refractivity contribution in [3.63, 3.8) is 0 Å². The SMILES string of the molecule is CCCC1(C(=O)N(CCO)CC(F)F)CCCNC1. The number of aliphatic hydroxyl groups is 1. The largest absolute Gasteiger partial charge is 0.395 e. The first kappa shape index (κ1) is 16.3. The second-order valence-corrected chi connectivity index (χ2v) is 5.18. The minimum atomic E-state index is -2.56. The highest BCUT2D eigenvalue weighted by Gasteiger charge is 2.41. The monoisotopic (exact) mass is 278 g/mol. The predicted octanol–water partition coefficient (Wildman–Crippen LogP) is 1.24. The van der Waals surface area contributed by atoms with Gasteiger partial charge in [0.1, 0.15) is 0 Å². The molecule has 0 aliphatic carbocycles. The quantitative estimate of drug-likeness (QED) is 0.737. The lowest BCUT2D eigenvalue weighted by atomic mass is 9.75. The van der Waals surface area contributed by atoms with Crippen LogP contribution < -0.4 is 5.32 Å². The molecule has 1 heterocycles. The van der Waals surface area contributed by atoms with Crippen molar-refractivity contribution in [1.29, 1.82) is 0 Å².